The summed E-state index contributed by atoms with van der Waals surface area (Å²) in [5, 5.41) is 9.67. The highest BCUT2D eigenvalue weighted by Gasteiger charge is 2.05. The number of rotatable bonds is 9. The van der Waals surface area contributed by atoms with Crippen LogP contribution in [0.25, 0.3) is 0 Å². The van der Waals surface area contributed by atoms with Crippen LogP contribution in [0.3, 0.4) is 0 Å². The maximum atomic E-state index is 11.5. The Hall–Kier alpha value is -3.11. The molecule has 27 heavy (non-hydrogen) atoms. The Morgan fingerprint density at radius 2 is 1.59 bits per heavy atom. The third-order valence-electron chi connectivity index (χ3n) is 2.95. The minimum absolute atomic E-state index is 0.103. The van der Waals surface area contributed by atoms with Gasteiger partial charge in [-0.25, -0.2) is 14.4 Å². The summed E-state index contributed by atoms with van der Waals surface area (Å²) < 4.78 is 14.2. The van der Waals surface area contributed by atoms with Crippen LogP contribution in [0.1, 0.15) is 25.7 Å². The van der Waals surface area contributed by atoms with Gasteiger partial charge < -0.3 is 24.8 Å². The summed E-state index contributed by atoms with van der Waals surface area (Å²) in [6.07, 6.45) is 4.10. The highest BCUT2D eigenvalue weighted by atomic mass is 16.5. The van der Waals surface area contributed by atoms with Crippen LogP contribution in [0, 0.1) is 5.41 Å². The maximum Gasteiger partial charge on any atom is 0.413 e. The summed E-state index contributed by atoms with van der Waals surface area (Å²) in [6, 6.07) is 0. The molecule has 0 rings (SSSR count). The standard InChI is InChI=1S/C16H27N5O6/c1-21(2)15(18)19-14(17)20-16(24)27-11-7-5-4-6-10-26-13(23)9-8-12(22)25-3/h8-9H,4-7,10-11H2,1-3H3,(H4,17,18,19,20,24)/b9-8+. The second-order valence-electron chi connectivity index (χ2n) is 5.41. The van der Waals surface area contributed by atoms with Crippen molar-refractivity contribution in [2.24, 2.45) is 10.7 Å². The predicted octanol–water partition coefficient (Wildman–Crippen LogP) is 0.356. The van der Waals surface area contributed by atoms with Gasteiger partial charge in [0.25, 0.3) is 0 Å². The van der Waals surface area contributed by atoms with Crippen LogP contribution < -0.4 is 11.1 Å². The fourth-order valence-electron chi connectivity index (χ4n) is 1.53. The van der Waals surface area contributed by atoms with Crippen molar-refractivity contribution in [1.29, 1.82) is 5.41 Å². The summed E-state index contributed by atoms with van der Waals surface area (Å²) >= 11 is 0. The molecule has 4 N–H and O–H groups in total. The molecule has 0 radical (unpaired) electrons. The number of nitrogens with two attached hydrogens (primary N) is 1. The lowest BCUT2D eigenvalue weighted by atomic mass is 10.2. The molecule has 0 aliphatic rings. The van der Waals surface area contributed by atoms with E-state index < -0.39 is 18.0 Å². The molecule has 0 aromatic rings. The number of carbonyl (C=O) groups is 3. The monoisotopic (exact) mass is 385 g/mol. The number of nitrogens with zero attached hydrogens (tertiary/aromatic N) is 2. The van der Waals surface area contributed by atoms with Gasteiger partial charge in [0.2, 0.25) is 11.9 Å². The van der Waals surface area contributed by atoms with E-state index in [9.17, 15) is 14.4 Å². The van der Waals surface area contributed by atoms with Crippen molar-refractivity contribution in [3.63, 3.8) is 0 Å². The van der Waals surface area contributed by atoms with E-state index in [4.69, 9.17) is 20.6 Å². The quantitative estimate of drug-likeness (QED) is 0.128. The number of alkyl carbamates (subject to hydrolysis) is 1. The molecule has 11 nitrogen and oxygen atoms in total. The third-order valence-corrected chi connectivity index (χ3v) is 2.95. The molecule has 0 saturated heterocycles. The highest BCUT2D eigenvalue weighted by Crippen LogP contribution is 2.01. The number of ether oxygens (including phenoxy) is 3. The van der Waals surface area contributed by atoms with Crippen molar-refractivity contribution >= 4 is 30.0 Å². The zero-order chi connectivity index (χ0) is 20.7. The molecular weight excluding hydrogens is 358 g/mol. The Bertz CT molecular complexity index is 574. The SMILES string of the molecule is COC(=O)/C=C/C(=O)OCCCCCCOC(=O)N/C(N)=N/C(=N)N(C)C. The first-order valence-corrected chi connectivity index (χ1v) is 8.22. The summed E-state index contributed by atoms with van der Waals surface area (Å²) in [4.78, 5) is 38.6. The zero-order valence-corrected chi connectivity index (χ0v) is 15.8. The fraction of sp³-hybridized carbons (Fsp3) is 0.562. The number of aliphatic imine (C=N–C) groups is 1. The molecule has 11 heteroatoms. The smallest absolute Gasteiger partial charge is 0.413 e. The molecular formula is C16H27N5O6. The van der Waals surface area contributed by atoms with Crippen LogP contribution in [0.2, 0.25) is 0 Å². The van der Waals surface area contributed by atoms with Gasteiger partial charge in [-0.15, -0.1) is 0 Å². The van der Waals surface area contributed by atoms with Gasteiger partial charge in [-0.2, -0.15) is 4.99 Å². The van der Waals surface area contributed by atoms with Crippen LogP contribution >= 0.6 is 0 Å². The van der Waals surface area contributed by atoms with Gasteiger partial charge in [0, 0.05) is 26.2 Å². The van der Waals surface area contributed by atoms with E-state index >= 15 is 0 Å². The van der Waals surface area contributed by atoms with E-state index in [1.54, 1.807) is 14.1 Å². The molecule has 0 aromatic heterocycles. The van der Waals surface area contributed by atoms with E-state index in [0.717, 1.165) is 25.0 Å². The lowest BCUT2D eigenvalue weighted by molar-refractivity contribution is -0.139. The largest absolute Gasteiger partial charge is 0.466 e. The van der Waals surface area contributed by atoms with Crippen molar-refractivity contribution in [3.05, 3.63) is 12.2 Å². The number of carbonyl (C=O) groups excluding carboxylic acids is 3. The fourth-order valence-corrected chi connectivity index (χ4v) is 1.53. The Balaban J connectivity index is 3.70. The first kappa shape index (κ1) is 23.9. The van der Waals surface area contributed by atoms with Gasteiger partial charge in [-0.3, -0.25) is 10.7 Å². The zero-order valence-electron chi connectivity index (χ0n) is 15.8. The normalized spacial score (nSPS) is 11.0. The molecule has 0 aliphatic heterocycles. The first-order chi connectivity index (χ1) is 12.8. The van der Waals surface area contributed by atoms with Crippen LogP contribution in [-0.4, -0.2) is 69.3 Å². The summed E-state index contributed by atoms with van der Waals surface area (Å²) in [5.74, 6) is -1.56. The number of amides is 1. The van der Waals surface area contributed by atoms with Crippen molar-refractivity contribution in [1.82, 2.24) is 10.2 Å². The second kappa shape index (κ2) is 14.1. The van der Waals surface area contributed by atoms with Crippen LogP contribution in [0.15, 0.2) is 17.1 Å². The Labute approximate surface area is 158 Å². The van der Waals surface area contributed by atoms with E-state index in [1.165, 1.54) is 12.0 Å². The van der Waals surface area contributed by atoms with E-state index in [0.29, 0.717) is 12.8 Å². The number of methoxy groups -OCH3 is 1. The minimum atomic E-state index is -0.742. The van der Waals surface area contributed by atoms with Gasteiger partial charge in [0.1, 0.15) is 0 Å². The molecule has 0 bridgehead atoms. The molecule has 152 valence electrons. The van der Waals surface area contributed by atoms with Gasteiger partial charge >= 0.3 is 18.0 Å². The number of unbranched alkanes of at least 4 members (excludes halogenated alkanes) is 3. The van der Waals surface area contributed by atoms with Gasteiger partial charge in [-0.1, -0.05) is 0 Å². The van der Waals surface area contributed by atoms with Gasteiger partial charge in [0.05, 0.1) is 20.3 Å². The van der Waals surface area contributed by atoms with E-state index in [1.807, 2.05) is 0 Å². The molecule has 0 unspecified atom stereocenters. The lowest BCUT2D eigenvalue weighted by Gasteiger charge is -2.10. The minimum Gasteiger partial charge on any atom is -0.466 e. The van der Waals surface area contributed by atoms with Crippen molar-refractivity contribution in [2.75, 3.05) is 34.4 Å². The molecule has 0 atom stereocenters. The molecule has 0 heterocycles. The van der Waals surface area contributed by atoms with Crippen LogP contribution in [0.4, 0.5) is 4.79 Å². The van der Waals surface area contributed by atoms with Crippen molar-refractivity contribution in [2.45, 2.75) is 25.7 Å². The Morgan fingerprint density at radius 3 is 2.15 bits per heavy atom. The number of guanidine groups is 2. The molecule has 1 amide bonds. The lowest BCUT2D eigenvalue weighted by Crippen LogP contribution is -2.39. The Kier molecular flexibility index (Phi) is 12.5. The third kappa shape index (κ3) is 13.8. The first-order valence-electron chi connectivity index (χ1n) is 8.22. The van der Waals surface area contributed by atoms with Gasteiger partial charge in [-0.05, 0) is 25.7 Å². The molecule has 0 fully saturated rings. The van der Waals surface area contributed by atoms with Crippen LogP contribution in [-0.2, 0) is 23.8 Å². The van der Waals surface area contributed by atoms with Crippen LogP contribution in [0.5, 0.6) is 0 Å². The summed E-state index contributed by atoms with van der Waals surface area (Å²) in [5.41, 5.74) is 5.47. The summed E-state index contributed by atoms with van der Waals surface area (Å²) in [7, 11) is 4.46. The number of hydrogen-bond donors (Lipinski definition) is 3. The molecule has 0 saturated carbocycles. The van der Waals surface area contributed by atoms with E-state index in [-0.39, 0.29) is 25.1 Å². The predicted molar refractivity (Wildman–Crippen MR) is 98.1 cm³/mol. The topological polar surface area (TPSA) is 156 Å². The average Bonchev–Trinajstić information content (AvgIpc) is 2.61. The Morgan fingerprint density at radius 1 is 1.04 bits per heavy atom. The highest BCUT2D eigenvalue weighted by molar-refractivity contribution is 5.99. The number of nitrogens with one attached hydrogen (secondary N) is 2. The number of esters is 2. The molecule has 0 spiro atoms. The average molecular weight is 385 g/mol. The number of hydrogen-bond acceptors (Lipinski definition) is 7. The van der Waals surface area contributed by atoms with E-state index in [2.05, 4.69) is 15.0 Å². The molecule has 0 aromatic carbocycles. The summed E-state index contributed by atoms with van der Waals surface area (Å²) in [6.45, 7) is 0.433. The maximum absolute atomic E-state index is 11.5. The van der Waals surface area contributed by atoms with Crippen molar-refractivity contribution in [3.8, 4) is 0 Å². The molecule has 0 aliphatic carbocycles. The van der Waals surface area contributed by atoms with Crippen molar-refractivity contribution < 1.29 is 28.6 Å². The second-order valence-corrected chi connectivity index (χ2v) is 5.41. The van der Waals surface area contributed by atoms with Gasteiger partial charge in [0.15, 0.2) is 0 Å².